The van der Waals surface area contributed by atoms with Gasteiger partial charge in [-0.15, -0.1) is 0 Å². The second-order valence-corrected chi connectivity index (χ2v) is 4.29. The first kappa shape index (κ1) is 10.8. The smallest absolute Gasteiger partial charge is 0.408 e. The molecule has 1 N–H and O–H groups in total. The third-order valence-electron chi connectivity index (χ3n) is 1.67. The van der Waals surface area contributed by atoms with Crippen molar-refractivity contribution in [2.45, 2.75) is 45.4 Å². The van der Waals surface area contributed by atoms with E-state index in [0.29, 0.717) is 0 Å². The number of hydrogen-bond acceptors (Lipinski definition) is 4. The molecule has 1 saturated heterocycles. The molecule has 0 aliphatic carbocycles. The molecule has 1 fully saturated rings. The number of carbonyl (C=O) groups is 2. The first-order chi connectivity index (χ1) is 6.29. The van der Waals surface area contributed by atoms with E-state index in [9.17, 15) is 9.59 Å². The van der Waals surface area contributed by atoms with Crippen molar-refractivity contribution in [3.8, 4) is 0 Å². The largest absolute Gasteiger partial charge is 0.457 e. The third kappa shape index (κ3) is 2.61. The Balaban J connectivity index is 2.58. The lowest BCUT2D eigenvalue weighted by Crippen LogP contribution is -2.38. The lowest BCUT2D eigenvalue weighted by Gasteiger charge is -2.22. The van der Waals surface area contributed by atoms with Gasteiger partial charge in [0.2, 0.25) is 6.10 Å². The molecular weight excluding hydrogens is 186 g/mol. The maximum atomic E-state index is 11.5. The molecule has 1 amide bonds. The summed E-state index contributed by atoms with van der Waals surface area (Å²) in [4.78, 5) is 22.3. The Morgan fingerprint density at radius 3 is 2.43 bits per heavy atom. The van der Waals surface area contributed by atoms with Crippen LogP contribution in [0.2, 0.25) is 0 Å². The summed E-state index contributed by atoms with van der Waals surface area (Å²) in [5.41, 5.74) is -0.564. The highest BCUT2D eigenvalue weighted by molar-refractivity contribution is 5.83. The highest BCUT2D eigenvalue weighted by atomic mass is 16.6. The van der Waals surface area contributed by atoms with E-state index in [1.807, 2.05) is 0 Å². The first-order valence-corrected chi connectivity index (χ1v) is 4.49. The molecule has 0 aromatic rings. The topological polar surface area (TPSA) is 64.6 Å². The number of ether oxygens (including phenoxy) is 2. The maximum absolute atomic E-state index is 11.5. The van der Waals surface area contributed by atoms with Crippen LogP contribution in [0.4, 0.5) is 4.79 Å². The molecule has 0 saturated carbocycles. The standard InChI is InChI=1S/C9H15NO4/c1-5-6(13-8(12)10-5)7(11)14-9(2,3)4/h5-6H,1-4H3,(H,10,12)/t5-,6-/m0/s1. The Morgan fingerprint density at radius 1 is 1.50 bits per heavy atom. The first-order valence-electron chi connectivity index (χ1n) is 4.49. The Kier molecular flexibility index (Phi) is 2.69. The Labute approximate surface area is 82.8 Å². The fourth-order valence-corrected chi connectivity index (χ4v) is 1.13. The van der Waals surface area contributed by atoms with E-state index < -0.39 is 23.8 Å². The van der Waals surface area contributed by atoms with Gasteiger partial charge in [-0.2, -0.15) is 0 Å². The van der Waals surface area contributed by atoms with Gasteiger partial charge < -0.3 is 14.8 Å². The zero-order valence-electron chi connectivity index (χ0n) is 8.79. The molecule has 0 aromatic heterocycles. The molecule has 1 heterocycles. The van der Waals surface area contributed by atoms with E-state index in [1.165, 1.54) is 0 Å². The summed E-state index contributed by atoms with van der Waals surface area (Å²) in [7, 11) is 0. The van der Waals surface area contributed by atoms with Crippen molar-refractivity contribution in [2.24, 2.45) is 0 Å². The zero-order valence-corrected chi connectivity index (χ0v) is 8.79. The lowest BCUT2D eigenvalue weighted by molar-refractivity contribution is -0.164. The molecule has 0 aromatic carbocycles. The lowest BCUT2D eigenvalue weighted by atomic mass is 10.1. The van der Waals surface area contributed by atoms with Gasteiger partial charge in [-0.25, -0.2) is 9.59 Å². The molecule has 2 atom stereocenters. The summed E-state index contributed by atoms with van der Waals surface area (Å²) < 4.78 is 9.84. The van der Waals surface area contributed by atoms with Gasteiger partial charge in [-0.05, 0) is 27.7 Å². The van der Waals surface area contributed by atoms with Gasteiger partial charge in [-0.3, -0.25) is 0 Å². The van der Waals surface area contributed by atoms with Gasteiger partial charge in [0.25, 0.3) is 0 Å². The van der Waals surface area contributed by atoms with E-state index in [0.717, 1.165) is 0 Å². The molecule has 5 nitrogen and oxygen atoms in total. The van der Waals surface area contributed by atoms with Crippen LogP contribution >= 0.6 is 0 Å². The second-order valence-electron chi connectivity index (χ2n) is 4.29. The van der Waals surface area contributed by atoms with Crippen molar-refractivity contribution in [1.82, 2.24) is 5.32 Å². The van der Waals surface area contributed by atoms with E-state index in [2.05, 4.69) is 5.32 Å². The van der Waals surface area contributed by atoms with Crippen molar-refractivity contribution < 1.29 is 19.1 Å². The number of alkyl carbamates (subject to hydrolysis) is 1. The number of nitrogens with one attached hydrogen (secondary N) is 1. The third-order valence-corrected chi connectivity index (χ3v) is 1.67. The van der Waals surface area contributed by atoms with Gasteiger partial charge in [0.05, 0.1) is 6.04 Å². The Bertz CT molecular complexity index is 256. The highest BCUT2D eigenvalue weighted by Crippen LogP contribution is 2.15. The molecule has 80 valence electrons. The molecule has 0 bridgehead atoms. The number of rotatable bonds is 1. The Morgan fingerprint density at radius 2 is 2.07 bits per heavy atom. The number of carbonyl (C=O) groups excluding carboxylic acids is 2. The Hall–Kier alpha value is -1.26. The fraction of sp³-hybridized carbons (Fsp3) is 0.778. The van der Waals surface area contributed by atoms with E-state index >= 15 is 0 Å². The van der Waals surface area contributed by atoms with Crippen LogP contribution in [0.25, 0.3) is 0 Å². The van der Waals surface area contributed by atoms with Crippen LogP contribution in [0.15, 0.2) is 0 Å². The zero-order chi connectivity index (χ0) is 10.9. The minimum Gasteiger partial charge on any atom is -0.457 e. The van der Waals surface area contributed by atoms with Crippen LogP contribution in [0, 0.1) is 0 Å². The monoisotopic (exact) mass is 201 g/mol. The number of esters is 1. The fourth-order valence-electron chi connectivity index (χ4n) is 1.13. The van der Waals surface area contributed by atoms with Gasteiger partial charge >= 0.3 is 12.1 Å². The minimum atomic E-state index is -0.832. The van der Waals surface area contributed by atoms with Gasteiger partial charge in [-0.1, -0.05) is 0 Å². The summed E-state index contributed by atoms with van der Waals surface area (Å²) in [5, 5.41) is 2.47. The van der Waals surface area contributed by atoms with Crippen molar-refractivity contribution in [3.63, 3.8) is 0 Å². The van der Waals surface area contributed by atoms with Crippen LogP contribution < -0.4 is 5.32 Å². The number of hydrogen-bond donors (Lipinski definition) is 1. The average molecular weight is 201 g/mol. The van der Waals surface area contributed by atoms with Gasteiger partial charge in [0, 0.05) is 0 Å². The molecule has 5 heteroatoms. The molecule has 0 radical (unpaired) electrons. The average Bonchev–Trinajstić information content (AvgIpc) is 2.26. The highest BCUT2D eigenvalue weighted by Gasteiger charge is 2.39. The summed E-state index contributed by atoms with van der Waals surface area (Å²) in [5.74, 6) is -0.511. The maximum Gasteiger partial charge on any atom is 0.408 e. The van der Waals surface area contributed by atoms with Crippen LogP contribution in [0.3, 0.4) is 0 Å². The van der Waals surface area contributed by atoms with Gasteiger partial charge in [0.1, 0.15) is 5.60 Å². The normalized spacial score (nSPS) is 26.7. The van der Waals surface area contributed by atoms with Gasteiger partial charge in [0.15, 0.2) is 0 Å². The molecular formula is C9H15NO4. The molecule has 1 aliphatic rings. The quantitative estimate of drug-likeness (QED) is 0.638. The summed E-state index contributed by atoms with van der Waals surface area (Å²) in [6.07, 6.45) is -1.41. The molecule has 0 spiro atoms. The number of amides is 1. The van der Waals surface area contributed by atoms with E-state index in [1.54, 1.807) is 27.7 Å². The summed E-state index contributed by atoms with van der Waals surface area (Å²) >= 11 is 0. The SMILES string of the molecule is C[C@@H]1NC(=O)O[C@@H]1C(=O)OC(C)(C)C. The predicted octanol–water partition coefficient (Wildman–Crippen LogP) is 0.825. The van der Waals surface area contributed by atoms with Crippen molar-refractivity contribution in [3.05, 3.63) is 0 Å². The molecule has 1 aliphatic heterocycles. The van der Waals surface area contributed by atoms with Crippen LogP contribution in [-0.4, -0.2) is 29.8 Å². The molecule has 0 unspecified atom stereocenters. The minimum absolute atomic E-state index is 0.336. The van der Waals surface area contributed by atoms with Crippen LogP contribution in [-0.2, 0) is 14.3 Å². The summed E-state index contributed by atoms with van der Waals surface area (Å²) in [6, 6.07) is -0.336. The van der Waals surface area contributed by atoms with Crippen LogP contribution in [0.5, 0.6) is 0 Å². The second kappa shape index (κ2) is 3.48. The summed E-state index contributed by atoms with van der Waals surface area (Å²) in [6.45, 7) is 6.98. The predicted molar refractivity (Wildman–Crippen MR) is 48.7 cm³/mol. The van der Waals surface area contributed by atoms with Crippen molar-refractivity contribution >= 4 is 12.1 Å². The number of cyclic esters (lactones) is 1. The van der Waals surface area contributed by atoms with E-state index in [4.69, 9.17) is 9.47 Å². The van der Waals surface area contributed by atoms with Crippen molar-refractivity contribution in [2.75, 3.05) is 0 Å². The van der Waals surface area contributed by atoms with Crippen molar-refractivity contribution in [1.29, 1.82) is 0 Å². The molecule has 14 heavy (non-hydrogen) atoms. The molecule has 1 rings (SSSR count). The van der Waals surface area contributed by atoms with E-state index in [-0.39, 0.29) is 6.04 Å². The van der Waals surface area contributed by atoms with Crippen LogP contribution in [0.1, 0.15) is 27.7 Å².